The number of nitrogens with one attached hydrogen (secondary N) is 1. The molecule has 1 saturated carbocycles. The van der Waals surface area contributed by atoms with Crippen molar-refractivity contribution in [3.05, 3.63) is 52.7 Å². The molecule has 1 aromatic carbocycles. The summed E-state index contributed by atoms with van der Waals surface area (Å²) in [6.07, 6.45) is 8.78. The Morgan fingerprint density at radius 3 is 2.77 bits per heavy atom. The highest BCUT2D eigenvalue weighted by Gasteiger charge is 2.32. The van der Waals surface area contributed by atoms with E-state index in [1.165, 1.54) is 30.2 Å². The Morgan fingerprint density at radius 1 is 1.19 bits per heavy atom. The van der Waals surface area contributed by atoms with E-state index in [1.54, 1.807) is 18.5 Å². The summed E-state index contributed by atoms with van der Waals surface area (Å²) in [4.78, 5) is 14.8. The van der Waals surface area contributed by atoms with Gasteiger partial charge in [0.1, 0.15) is 5.82 Å². The summed E-state index contributed by atoms with van der Waals surface area (Å²) in [5.74, 6) is 1.30. The van der Waals surface area contributed by atoms with E-state index >= 15 is 0 Å². The molecule has 0 radical (unpaired) electrons. The Balaban J connectivity index is 1.49. The van der Waals surface area contributed by atoms with Crippen molar-refractivity contribution in [2.75, 3.05) is 11.4 Å². The molecule has 0 saturated heterocycles. The van der Waals surface area contributed by atoms with E-state index in [4.69, 9.17) is 11.6 Å². The Kier molecular flexibility index (Phi) is 3.85. The minimum Gasteiger partial charge on any atom is -0.358 e. The van der Waals surface area contributed by atoms with Crippen molar-refractivity contribution in [2.45, 2.75) is 38.1 Å². The number of aromatic nitrogens is 3. The topological polar surface area (TPSA) is 44.8 Å². The summed E-state index contributed by atoms with van der Waals surface area (Å²) < 4.78 is 13.8. The van der Waals surface area contributed by atoms with E-state index < -0.39 is 0 Å². The van der Waals surface area contributed by atoms with Crippen LogP contribution in [0.5, 0.6) is 0 Å². The highest BCUT2D eigenvalue weighted by Crippen LogP contribution is 2.36. The molecule has 4 nitrogen and oxygen atoms in total. The minimum atomic E-state index is -0.183. The summed E-state index contributed by atoms with van der Waals surface area (Å²) in [6, 6.07) is 5.33. The number of aryl methyl sites for hydroxylation is 1. The Bertz CT molecular complexity index is 948. The van der Waals surface area contributed by atoms with Gasteiger partial charge in [-0.1, -0.05) is 11.6 Å². The molecule has 1 unspecified atom stereocenters. The van der Waals surface area contributed by atoms with E-state index in [-0.39, 0.29) is 5.82 Å². The van der Waals surface area contributed by atoms with Gasteiger partial charge < -0.3 is 9.88 Å². The van der Waals surface area contributed by atoms with Crippen LogP contribution in [0.1, 0.15) is 30.5 Å². The van der Waals surface area contributed by atoms with E-state index in [0.29, 0.717) is 11.1 Å². The third-order valence-corrected chi connectivity index (χ3v) is 5.78. The van der Waals surface area contributed by atoms with E-state index in [9.17, 15) is 4.39 Å². The van der Waals surface area contributed by atoms with Crippen LogP contribution < -0.4 is 4.90 Å². The standard InChI is InChI=1S/C20H20ClFN4/c21-13-9-23-20(24-10-13)26(11-12-1-2-12)15-4-6-19-17(8-15)16-7-14(22)3-5-18(16)25-19/h3,5,7,9-10,12,15,25H,1-2,4,6,8,11H2. The Hall–Kier alpha value is -2.14. The van der Waals surface area contributed by atoms with Crippen molar-refractivity contribution < 1.29 is 4.39 Å². The van der Waals surface area contributed by atoms with Gasteiger partial charge in [-0.25, -0.2) is 14.4 Å². The number of nitrogens with zero attached hydrogens (tertiary/aromatic N) is 3. The van der Waals surface area contributed by atoms with Crippen LogP contribution in [-0.4, -0.2) is 27.5 Å². The quantitative estimate of drug-likeness (QED) is 0.734. The van der Waals surface area contributed by atoms with Crippen molar-refractivity contribution in [2.24, 2.45) is 5.92 Å². The van der Waals surface area contributed by atoms with Gasteiger partial charge in [0.25, 0.3) is 0 Å². The van der Waals surface area contributed by atoms with Crippen LogP contribution in [0.3, 0.4) is 0 Å². The van der Waals surface area contributed by atoms with Crippen LogP contribution in [-0.2, 0) is 12.8 Å². The summed E-state index contributed by atoms with van der Waals surface area (Å²) >= 11 is 5.97. The van der Waals surface area contributed by atoms with E-state index in [0.717, 1.165) is 48.6 Å². The molecule has 1 fully saturated rings. The van der Waals surface area contributed by atoms with E-state index in [1.807, 2.05) is 6.07 Å². The lowest BCUT2D eigenvalue weighted by molar-refractivity contribution is 0.500. The molecule has 1 N–H and O–H groups in total. The van der Waals surface area contributed by atoms with Crippen LogP contribution in [0.4, 0.5) is 10.3 Å². The van der Waals surface area contributed by atoms with Crippen LogP contribution in [0, 0.1) is 11.7 Å². The van der Waals surface area contributed by atoms with Crippen LogP contribution in [0.15, 0.2) is 30.6 Å². The van der Waals surface area contributed by atoms with Gasteiger partial charge in [0, 0.05) is 29.2 Å². The van der Waals surface area contributed by atoms with Crippen molar-refractivity contribution >= 4 is 28.5 Å². The molecule has 0 bridgehead atoms. The summed E-state index contributed by atoms with van der Waals surface area (Å²) in [5, 5.41) is 1.56. The highest BCUT2D eigenvalue weighted by molar-refractivity contribution is 6.30. The molecular weight excluding hydrogens is 351 g/mol. The average molecular weight is 371 g/mol. The number of H-pyrrole nitrogens is 1. The number of fused-ring (bicyclic) bond motifs is 3. The monoisotopic (exact) mass is 370 g/mol. The predicted molar refractivity (Wildman–Crippen MR) is 101 cm³/mol. The SMILES string of the molecule is Fc1ccc2[nH]c3c(c2c1)CC(N(CC1CC1)c1ncc(Cl)cn1)CC3. The fourth-order valence-corrected chi connectivity index (χ4v) is 4.16. The number of rotatable bonds is 4. The number of hydrogen-bond acceptors (Lipinski definition) is 3. The van der Waals surface area contributed by atoms with Gasteiger partial charge in [-0.2, -0.15) is 0 Å². The number of hydrogen-bond donors (Lipinski definition) is 1. The zero-order valence-corrected chi connectivity index (χ0v) is 15.1. The van der Waals surface area contributed by atoms with Gasteiger partial charge in [0.2, 0.25) is 5.95 Å². The molecule has 2 aliphatic carbocycles. The Labute approximate surface area is 156 Å². The second-order valence-electron chi connectivity index (χ2n) is 7.47. The molecule has 2 heterocycles. The maximum Gasteiger partial charge on any atom is 0.225 e. The normalized spacial score (nSPS) is 19.5. The van der Waals surface area contributed by atoms with Crippen LogP contribution in [0.25, 0.3) is 10.9 Å². The zero-order chi connectivity index (χ0) is 17.7. The van der Waals surface area contributed by atoms with Crippen molar-refractivity contribution in [1.29, 1.82) is 0 Å². The fourth-order valence-electron chi connectivity index (χ4n) is 4.06. The fraction of sp³-hybridized carbons (Fsp3) is 0.400. The summed E-state index contributed by atoms with van der Waals surface area (Å²) in [5.41, 5.74) is 3.50. The molecule has 0 amide bonds. The third-order valence-electron chi connectivity index (χ3n) is 5.58. The van der Waals surface area contributed by atoms with Gasteiger partial charge in [-0.05, 0) is 61.8 Å². The van der Waals surface area contributed by atoms with Gasteiger partial charge in [-0.15, -0.1) is 0 Å². The lowest BCUT2D eigenvalue weighted by Gasteiger charge is -2.34. The molecular formula is C20H20ClFN4. The second-order valence-corrected chi connectivity index (χ2v) is 7.90. The molecule has 3 aromatic rings. The lowest BCUT2D eigenvalue weighted by Crippen LogP contribution is -2.41. The Morgan fingerprint density at radius 2 is 2.00 bits per heavy atom. The minimum absolute atomic E-state index is 0.183. The number of benzene rings is 1. The molecule has 134 valence electrons. The van der Waals surface area contributed by atoms with Gasteiger partial charge in [0.05, 0.1) is 17.4 Å². The van der Waals surface area contributed by atoms with Crippen LogP contribution in [0.2, 0.25) is 5.02 Å². The maximum absolute atomic E-state index is 13.8. The molecule has 26 heavy (non-hydrogen) atoms. The largest absolute Gasteiger partial charge is 0.358 e. The number of aromatic amines is 1. The molecule has 5 rings (SSSR count). The zero-order valence-electron chi connectivity index (χ0n) is 14.4. The lowest BCUT2D eigenvalue weighted by atomic mass is 9.90. The first-order valence-electron chi connectivity index (χ1n) is 9.20. The first kappa shape index (κ1) is 16.1. The first-order chi connectivity index (χ1) is 12.7. The van der Waals surface area contributed by atoms with Gasteiger partial charge in [0.15, 0.2) is 0 Å². The predicted octanol–water partition coefficient (Wildman–Crippen LogP) is 4.52. The average Bonchev–Trinajstić information content (AvgIpc) is 3.40. The smallest absolute Gasteiger partial charge is 0.225 e. The molecule has 0 aliphatic heterocycles. The summed E-state index contributed by atoms with van der Waals surface area (Å²) in [6.45, 7) is 0.984. The number of anilines is 1. The summed E-state index contributed by atoms with van der Waals surface area (Å²) in [7, 11) is 0. The molecule has 2 aliphatic rings. The maximum atomic E-state index is 13.8. The number of halogens is 2. The second kappa shape index (κ2) is 6.23. The van der Waals surface area contributed by atoms with Crippen LogP contribution >= 0.6 is 11.6 Å². The molecule has 0 spiro atoms. The third kappa shape index (κ3) is 2.94. The van der Waals surface area contributed by atoms with Crippen molar-refractivity contribution in [1.82, 2.24) is 15.0 Å². The molecule has 2 aromatic heterocycles. The van der Waals surface area contributed by atoms with Gasteiger partial charge in [-0.3, -0.25) is 0 Å². The van der Waals surface area contributed by atoms with Gasteiger partial charge >= 0.3 is 0 Å². The van der Waals surface area contributed by atoms with Crippen molar-refractivity contribution in [3.8, 4) is 0 Å². The first-order valence-corrected chi connectivity index (χ1v) is 9.58. The van der Waals surface area contributed by atoms with Crippen molar-refractivity contribution in [3.63, 3.8) is 0 Å². The molecule has 6 heteroatoms. The highest BCUT2D eigenvalue weighted by atomic mass is 35.5. The molecule has 1 atom stereocenters. The van der Waals surface area contributed by atoms with E-state index in [2.05, 4.69) is 19.9 Å².